The van der Waals surface area contributed by atoms with Gasteiger partial charge in [0.1, 0.15) is 6.61 Å². The Morgan fingerprint density at radius 1 is 0.412 bits per heavy atom. The minimum absolute atomic E-state index is 0. The van der Waals surface area contributed by atoms with E-state index in [2.05, 4.69) is 88.2 Å². The van der Waals surface area contributed by atoms with Crippen LogP contribution < -0.4 is 0 Å². The largest absolute Gasteiger partial charge is 0.523 e. The summed E-state index contributed by atoms with van der Waals surface area (Å²) in [5.74, 6) is 16.0. The maximum atomic E-state index is 11.1. The van der Waals surface area contributed by atoms with Crippen molar-refractivity contribution in [1.29, 1.82) is 0 Å². The Balaban J connectivity index is -0.00000000497. The standard InChI is InChI=1S/C5H8.C5H7.C4H6O.C2H3F3O3S.12C2H6.6C2H5.CH5BO2.8CH4.6U.6W.Y/c2*1-3-5-4-2;1-2-3-4-5;1-8-9(6,7)2(3,4)5;18*1-2;1-2(3)4;;;;;;;;;;;;;;;;;;;;;/h3H2,1-2H3;1,3H2,2H3;5H,4H2,1H3;1H3;12*1-2H3;6*1H2,2H3;3-4H,1H3;8*1H4;;;;;;;;;;;;;/q;-1;;;;;;;;;;;;;;;6*-1;;;;;;;;;;;;;;;;;;;;;;. The summed E-state index contributed by atoms with van der Waals surface area (Å²) in [5.41, 5.74) is -5.30. The van der Waals surface area contributed by atoms with Crippen molar-refractivity contribution >= 4 is 17.2 Å². The molecule has 0 atom stereocenters. The minimum atomic E-state index is -5.34. The van der Waals surface area contributed by atoms with Gasteiger partial charge in [-0.25, -0.2) is 0 Å². The number of rotatable bonds is 1. The number of hydrogen-bond donors (Lipinski definition) is 3. The van der Waals surface area contributed by atoms with Crippen LogP contribution in [0.15, 0.2) is 0 Å². The second-order valence-electron chi connectivity index (χ2n) is 3.74. The monoisotopic (exact) mass is 3710 g/mol. The average Bonchev–Trinajstić information content (AvgIpc) is 3.41. The molecule has 6 nitrogen and oxygen atoms in total. The molecule has 543 valence electrons. The number of hydrogen-bond acceptors (Lipinski definition) is 6. The molecule has 0 saturated carbocycles. The van der Waals surface area contributed by atoms with Crippen LogP contribution in [-0.4, -0.2) is 49.9 Å². The molecule has 0 rings (SSSR count). The van der Waals surface area contributed by atoms with Gasteiger partial charge in [-0.2, -0.15) is 63.1 Å². The van der Waals surface area contributed by atoms with Gasteiger partial charge in [-0.3, -0.25) is 4.18 Å². The van der Waals surface area contributed by atoms with E-state index in [-0.39, 0.29) is 412 Å². The van der Waals surface area contributed by atoms with Gasteiger partial charge < -0.3 is 63.6 Å². The van der Waals surface area contributed by atoms with Gasteiger partial charge in [0.15, 0.2) is 0 Å². The Morgan fingerprint density at radius 2 is 0.529 bits per heavy atom. The Morgan fingerprint density at radius 3 is 0.529 bits per heavy atom. The van der Waals surface area contributed by atoms with E-state index >= 15 is 0 Å². The van der Waals surface area contributed by atoms with E-state index in [9.17, 15) is 21.6 Å². The first-order valence-corrected chi connectivity index (χ1v) is 25.3. The Labute approximate surface area is 807 Å². The molecule has 0 aromatic rings. The number of halogens is 3. The summed E-state index contributed by atoms with van der Waals surface area (Å²) in [7, 11) is -6.06. The molecule has 0 unspecified atom stereocenters. The molecule has 0 aromatic carbocycles. The van der Waals surface area contributed by atoms with Gasteiger partial charge >= 0.3 is 22.7 Å². The van der Waals surface area contributed by atoms with E-state index in [0.29, 0.717) is 7.11 Å². The predicted molar refractivity (Wildman–Crippen MR) is 362 cm³/mol. The van der Waals surface area contributed by atoms with Crippen LogP contribution in [0.25, 0.3) is 0 Å². The summed E-state index contributed by atoms with van der Waals surface area (Å²) in [4.78, 5) is 0. The molecular formula is C61H163BF3O6SU6W6Y-7. The van der Waals surface area contributed by atoms with E-state index in [0.717, 1.165) is 12.8 Å². The summed E-state index contributed by atoms with van der Waals surface area (Å²) in [5, 5.41) is 23.1. The zero-order valence-corrected chi connectivity index (χ0v) is 104. The minimum Gasteiger partial charge on any atom is -0.427 e. The Hall–Kier alpha value is 9.87. The fraction of sp³-hybridized carbons (Fsp3) is 0.787. The van der Waals surface area contributed by atoms with Crippen LogP contribution in [0.2, 0.25) is 6.82 Å². The summed E-state index contributed by atoms with van der Waals surface area (Å²) >= 11 is 0. The van der Waals surface area contributed by atoms with Crippen molar-refractivity contribution in [1.82, 2.24) is 0 Å². The number of aliphatic hydroxyl groups is 1. The molecule has 24 heteroatoms. The van der Waals surface area contributed by atoms with E-state index < -0.39 is 22.7 Å². The molecule has 0 fully saturated rings. The van der Waals surface area contributed by atoms with E-state index in [4.69, 9.17) is 15.2 Å². The fourth-order valence-electron chi connectivity index (χ4n) is 0.475. The molecule has 0 bridgehead atoms. The van der Waals surface area contributed by atoms with Crippen LogP contribution in [0.5, 0.6) is 0 Å². The Bertz CT molecular complexity index is 637. The second kappa shape index (κ2) is 666. The molecular weight excluding hydrogens is 3550 g/mol. The second-order valence-corrected chi connectivity index (χ2v) is 5.44. The molecule has 0 aliphatic heterocycles. The molecule has 0 saturated heterocycles. The van der Waals surface area contributed by atoms with Gasteiger partial charge in [-0.05, 0) is 27.6 Å². The van der Waals surface area contributed by atoms with Crippen LogP contribution in [0.4, 0.5) is 13.2 Å². The summed E-state index contributed by atoms with van der Waals surface area (Å²) in [6, 6.07) is 0. The quantitative estimate of drug-likeness (QED) is 0.0795. The molecule has 0 aliphatic carbocycles. The summed E-state index contributed by atoms with van der Waals surface area (Å²) in [6.07, 6.45) is 1.72. The third-order valence-electron chi connectivity index (χ3n) is 1.41. The van der Waals surface area contributed by atoms with Gasteiger partial charge in [0.05, 0.1) is 7.11 Å². The Kier molecular flexibility index (Phi) is 2530. The summed E-state index contributed by atoms with van der Waals surface area (Å²) < 4.78 is 55.9. The molecule has 0 heterocycles. The van der Waals surface area contributed by atoms with Crippen molar-refractivity contribution < 1.29 is 387 Å². The number of aliphatic hydroxyl groups excluding tert-OH is 1. The first-order valence-electron chi connectivity index (χ1n) is 23.8. The van der Waals surface area contributed by atoms with Crippen molar-refractivity contribution in [3.63, 3.8) is 0 Å². The van der Waals surface area contributed by atoms with Crippen LogP contribution in [0.1, 0.15) is 308 Å². The van der Waals surface area contributed by atoms with Gasteiger partial charge in [0.2, 0.25) is 0 Å². The smallest absolute Gasteiger partial charge is 0.427 e. The molecule has 3 N–H and O–H groups in total. The molecule has 0 spiro atoms. The zero-order valence-electron chi connectivity index (χ0n) is 57.3. The first-order chi connectivity index (χ1) is 30.8. The third kappa shape index (κ3) is 1020. The summed E-state index contributed by atoms with van der Waals surface area (Å²) in [6.45, 7) is 90.2. The molecule has 85 heavy (non-hydrogen) atoms. The third-order valence-corrected chi connectivity index (χ3v) is 2.42. The van der Waals surface area contributed by atoms with Crippen molar-refractivity contribution in [3.05, 3.63) is 48.5 Å². The van der Waals surface area contributed by atoms with Crippen molar-refractivity contribution in [2.24, 2.45) is 0 Å². The van der Waals surface area contributed by atoms with Crippen LogP contribution in [0.3, 0.4) is 0 Å². The topological polar surface area (TPSA) is 104 Å². The van der Waals surface area contributed by atoms with Crippen LogP contribution in [-0.2, 0) is 173 Å². The van der Waals surface area contributed by atoms with E-state index in [1.807, 2.05) is 187 Å². The van der Waals surface area contributed by atoms with Crippen molar-refractivity contribution in [2.45, 2.75) is 320 Å². The molecule has 0 aliphatic rings. The maximum absolute atomic E-state index is 11.1. The normalized spacial score (nSPS) is 3.96. The van der Waals surface area contributed by atoms with Gasteiger partial charge in [0, 0.05) is 352 Å². The first kappa shape index (κ1) is 323. The zero-order chi connectivity index (χ0) is 59.6. The van der Waals surface area contributed by atoms with Gasteiger partial charge in [-0.1, -0.05) is 238 Å². The van der Waals surface area contributed by atoms with E-state index in [1.165, 1.54) is 6.82 Å². The van der Waals surface area contributed by atoms with Gasteiger partial charge in [-0.15, -0.1) is 36.0 Å². The maximum Gasteiger partial charge on any atom is 0.523 e. The van der Waals surface area contributed by atoms with Gasteiger partial charge in [0.25, 0.3) is 0 Å². The van der Waals surface area contributed by atoms with Crippen LogP contribution in [0, 0.1) is 271 Å². The average molecular weight is 3710 g/mol. The molecule has 1 radical (unpaired) electrons. The number of alkyl halides is 3. The van der Waals surface area contributed by atoms with E-state index in [1.54, 1.807) is 48.5 Å². The van der Waals surface area contributed by atoms with Crippen LogP contribution >= 0.6 is 0 Å². The predicted octanol–water partition coefficient (Wildman–Crippen LogP) is 24.7. The molecule has 0 amide bonds. The van der Waals surface area contributed by atoms with Crippen molar-refractivity contribution in [2.75, 3.05) is 13.7 Å². The SMILES string of the molecule is C.C.C.C.C.C.C.C.CB(O)O.CC.CC.CC.CC.CC.CC.CC.CC.CC.CC.CC.CC.CC#CCC.CC#CCO.COS(=O)(=O)C(F)(F)F.[CH2-]C.[CH2-]C.[CH2-]C.[CH2-]C.[CH2-]C.[CH2-]C.[CH2-]CC#CC.[U].[U].[U].[U].[U].[U].[W].[W].[W].[W].[W].[W].[Y]. The fourth-order valence-corrected chi connectivity index (χ4v) is 0.664. The molecule has 0 aromatic heterocycles. The van der Waals surface area contributed by atoms with Crippen molar-refractivity contribution in [3.8, 4) is 35.5 Å².